The van der Waals surface area contributed by atoms with Crippen molar-refractivity contribution in [1.82, 2.24) is 20.4 Å². The van der Waals surface area contributed by atoms with Crippen LogP contribution in [0.25, 0.3) is 16.9 Å². The minimum Gasteiger partial charge on any atom is -0.273 e. The predicted molar refractivity (Wildman–Crippen MR) is 118 cm³/mol. The molecule has 0 radical (unpaired) electrons. The first-order valence-corrected chi connectivity index (χ1v) is 9.71. The lowest BCUT2D eigenvalue weighted by Gasteiger charge is -2.00. The van der Waals surface area contributed by atoms with Gasteiger partial charge in [-0.05, 0) is 29.8 Å². The molecule has 3 aromatic carbocycles. The molecule has 0 saturated carbocycles. The first-order valence-electron chi connectivity index (χ1n) is 9.33. The van der Waals surface area contributed by atoms with E-state index in [0.717, 1.165) is 16.8 Å². The maximum Gasteiger partial charge on any atom is 0.244 e. The maximum absolute atomic E-state index is 12.1. The summed E-state index contributed by atoms with van der Waals surface area (Å²) < 4.78 is 0. The first kappa shape index (κ1) is 19.5. The van der Waals surface area contributed by atoms with Gasteiger partial charge in [0.05, 0.1) is 18.3 Å². The second kappa shape index (κ2) is 9.15. The topological polar surface area (TPSA) is 72.2 Å². The van der Waals surface area contributed by atoms with Crippen LogP contribution in [0, 0.1) is 0 Å². The summed E-state index contributed by atoms with van der Waals surface area (Å²) >= 11 is 6.01. The molecule has 1 N–H and O–H groups in total. The van der Waals surface area contributed by atoms with Crippen LogP contribution in [0.15, 0.2) is 90.0 Å². The Bertz CT molecular complexity index is 1160. The first-order chi connectivity index (χ1) is 14.7. The normalized spacial score (nSPS) is 11.0. The van der Waals surface area contributed by atoms with Crippen molar-refractivity contribution in [3.05, 3.63) is 101 Å². The second-order valence-electron chi connectivity index (χ2n) is 6.52. The smallest absolute Gasteiger partial charge is 0.244 e. The maximum atomic E-state index is 12.1. The van der Waals surface area contributed by atoms with Crippen LogP contribution in [0.3, 0.4) is 0 Å². The van der Waals surface area contributed by atoms with Gasteiger partial charge in [0.1, 0.15) is 11.4 Å². The van der Waals surface area contributed by atoms with E-state index in [-0.39, 0.29) is 12.3 Å². The Morgan fingerprint density at radius 3 is 2.30 bits per heavy atom. The van der Waals surface area contributed by atoms with Crippen molar-refractivity contribution >= 4 is 23.7 Å². The molecule has 0 fully saturated rings. The summed E-state index contributed by atoms with van der Waals surface area (Å²) in [6.45, 7) is 0. The number of amides is 1. The highest BCUT2D eigenvalue weighted by molar-refractivity contribution is 6.30. The Balaban J connectivity index is 1.57. The van der Waals surface area contributed by atoms with Gasteiger partial charge in [-0.25, -0.2) is 5.43 Å². The molecule has 30 heavy (non-hydrogen) atoms. The number of para-hydroxylation sites is 1. The van der Waals surface area contributed by atoms with Gasteiger partial charge in [0.15, 0.2) is 0 Å². The van der Waals surface area contributed by atoms with Crippen LogP contribution >= 0.6 is 11.6 Å². The minimum atomic E-state index is -0.207. The van der Waals surface area contributed by atoms with Crippen molar-refractivity contribution in [1.29, 1.82) is 0 Å². The van der Waals surface area contributed by atoms with Crippen molar-refractivity contribution in [3.63, 3.8) is 0 Å². The molecule has 4 rings (SSSR count). The van der Waals surface area contributed by atoms with Gasteiger partial charge in [0, 0.05) is 10.6 Å². The van der Waals surface area contributed by atoms with Gasteiger partial charge in [-0.1, -0.05) is 72.3 Å². The Labute approximate surface area is 178 Å². The van der Waals surface area contributed by atoms with E-state index in [1.807, 2.05) is 72.8 Å². The number of halogens is 1. The van der Waals surface area contributed by atoms with Crippen LogP contribution in [0.5, 0.6) is 0 Å². The lowest BCUT2D eigenvalue weighted by molar-refractivity contribution is -0.120. The molecule has 0 bridgehead atoms. The number of hydrogen-bond donors (Lipinski definition) is 1. The van der Waals surface area contributed by atoms with Crippen LogP contribution < -0.4 is 5.43 Å². The zero-order valence-corrected chi connectivity index (χ0v) is 16.7. The van der Waals surface area contributed by atoms with Gasteiger partial charge >= 0.3 is 0 Å². The highest BCUT2D eigenvalue weighted by Gasteiger charge is 2.13. The minimum absolute atomic E-state index is 0.207. The predicted octanol–water partition coefficient (Wildman–Crippen LogP) is 4.28. The van der Waals surface area contributed by atoms with Crippen LogP contribution in [0.4, 0.5) is 0 Å². The Kier molecular flexibility index (Phi) is 5.96. The van der Waals surface area contributed by atoms with Gasteiger partial charge in [-0.3, -0.25) is 4.79 Å². The fourth-order valence-corrected chi connectivity index (χ4v) is 3.01. The molecule has 4 aromatic rings. The van der Waals surface area contributed by atoms with Gasteiger partial charge in [-0.2, -0.15) is 9.90 Å². The number of carbonyl (C=O) groups is 1. The van der Waals surface area contributed by atoms with Crippen molar-refractivity contribution in [2.45, 2.75) is 6.42 Å². The third-order valence-corrected chi connectivity index (χ3v) is 4.58. The van der Waals surface area contributed by atoms with E-state index >= 15 is 0 Å². The van der Waals surface area contributed by atoms with E-state index in [4.69, 9.17) is 11.6 Å². The SMILES string of the molecule is O=C(Cc1ccccc1)NN=Cc1nn(-c2ccccc2)nc1-c1ccc(Cl)cc1. The number of hydrazone groups is 1. The van der Waals surface area contributed by atoms with Crippen molar-refractivity contribution in [3.8, 4) is 16.9 Å². The van der Waals surface area contributed by atoms with Gasteiger partial charge < -0.3 is 0 Å². The molecule has 1 aromatic heterocycles. The van der Waals surface area contributed by atoms with Crippen molar-refractivity contribution in [2.75, 3.05) is 0 Å². The number of benzene rings is 3. The zero-order chi connectivity index (χ0) is 20.8. The van der Waals surface area contributed by atoms with E-state index in [0.29, 0.717) is 16.4 Å². The monoisotopic (exact) mass is 415 g/mol. The average molecular weight is 416 g/mol. The molecule has 148 valence electrons. The average Bonchev–Trinajstić information content (AvgIpc) is 3.20. The largest absolute Gasteiger partial charge is 0.273 e. The van der Waals surface area contributed by atoms with Crippen LogP contribution in [-0.4, -0.2) is 27.1 Å². The van der Waals surface area contributed by atoms with E-state index < -0.39 is 0 Å². The third kappa shape index (κ3) is 4.79. The fraction of sp³-hybridized carbons (Fsp3) is 0.0435. The van der Waals surface area contributed by atoms with Crippen molar-refractivity contribution < 1.29 is 4.79 Å². The summed E-state index contributed by atoms with van der Waals surface area (Å²) in [5, 5.41) is 13.9. The Morgan fingerprint density at radius 1 is 0.933 bits per heavy atom. The molecule has 0 aliphatic heterocycles. The summed E-state index contributed by atoms with van der Waals surface area (Å²) in [4.78, 5) is 13.7. The number of rotatable bonds is 6. The zero-order valence-electron chi connectivity index (χ0n) is 15.9. The molecule has 0 aliphatic rings. The summed E-state index contributed by atoms with van der Waals surface area (Å²) in [6, 6.07) is 26.4. The lowest BCUT2D eigenvalue weighted by Crippen LogP contribution is -2.19. The molecular formula is C23H18ClN5O. The molecule has 0 spiro atoms. The summed E-state index contributed by atoms with van der Waals surface area (Å²) in [6.07, 6.45) is 1.75. The number of nitrogens with one attached hydrogen (secondary N) is 1. The third-order valence-electron chi connectivity index (χ3n) is 4.33. The highest BCUT2D eigenvalue weighted by atomic mass is 35.5. The lowest BCUT2D eigenvalue weighted by atomic mass is 10.1. The molecule has 0 saturated heterocycles. The van der Waals surface area contributed by atoms with E-state index in [9.17, 15) is 4.79 Å². The van der Waals surface area contributed by atoms with E-state index in [1.165, 1.54) is 11.0 Å². The van der Waals surface area contributed by atoms with Crippen LogP contribution in [0.1, 0.15) is 11.3 Å². The standard InChI is InChI=1S/C23H18ClN5O/c24-19-13-11-18(12-14-19)23-21(27-29(28-23)20-9-5-2-6-10-20)16-25-26-22(30)15-17-7-3-1-4-8-17/h1-14,16H,15H2,(H,26,30). The van der Waals surface area contributed by atoms with Crippen LogP contribution in [-0.2, 0) is 11.2 Å². The number of aromatic nitrogens is 3. The summed E-state index contributed by atoms with van der Waals surface area (Å²) in [7, 11) is 0. The van der Waals surface area contributed by atoms with Crippen LogP contribution in [0.2, 0.25) is 5.02 Å². The molecule has 0 atom stereocenters. The molecule has 6 nitrogen and oxygen atoms in total. The van der Waals surface area contributed by atoms with E-state index in [2.05, 4.69) is 20.7 Å². The Hall–Kier alpha value is -3.77. The number of carbonyl (C=O) groups excluding carboxylic acids is 1. The molecule has 1 heterocycles. The van der Waals surface area contributed by atoms with Gasteiger partial charge in [-0.15, -0.1) is 10.2 Å². The summed E-state index contributed by atoms with van der Waals surface area (Å²) in [5.41, 5.74) is 6.30. The van der Waals surface area contributed by atoms with Gasteiger partial charge in [0.25, 0.3) is 0 Å². The molecule has 0 aliphatic carbocycles. The quantitative estimate of drug-likeness (QED) is 0.377. The molecular weight excluding hydrogens is 398 g/mol. The van der Waals surface area contributed by atoms with Crippen molar-refractivity contribution in [2.24, 2.45) is 5.10 Å². The number of hydrogen-bond acceptors (Lipinski definition) is 4. The molecule has 0 unspecified atom stereocenters. The molecule has 1 amide bonds. The second-order valence-corrected chi connectivity index (χ2v) is 6.96. The van der Waals surface area contributed by atoms with Gasteiger partial charge in [0.2, 0.25) is 5.91 Å². The highest BCUT2D eigenvalue weighted by Crippen LogP contribution is 2.22. The summed E-state index contributed by atoms with van der Waals surface area (Å²) in [5.74, 6) is -0.207. The Morgan fingerprint density at radius 2 is 1.60 bits per heavy atom. The fourth-order valence-electron chi connectivity index (χ4n) is 2.88. The molecule has 7 heteroatoms. The number of nitrogens with zero attached hydrogens (tertiary/aromatic N) is 4. The van der Waals surface area contributed by atoms with E-state index in [1.54, 1.807) is 12.1 Å².